The molecule has 504 valence electrons. The number of esters is 4. The summed E-state index contributed by atoms with van der Waals surface area (Å²) in [6, 6.07) is 0. The number of unbranched alkanes of at least 4 members (excludes halogenated alkanes) is 32. The Kier molecular flexibility index (Phi) is 55.9. The summed E-state index contributed by atoms with van der Waals surface area (Å²) in [6.45, 7) is 11.7. The minimum atomic E-state index is -4.95. The van der Waals surface area contributed by atoms with Crippen LogP contribution in [0, 0.1) is 17.8 Å². The summed E-state index contributed by atoms with van der Waals surface area (Å²) in [4.78, 5) is 72.2. The van der Waals surface area contributed by atoms with Crippen molar-refractivity contribution in [2.24, 2.45) is 17.8 Å². The van der Waals surface area contributed by atoms with Crippen molar-refractivity contribution in [3.63, 3.8) is 0 Å². The van der Waals surface area contributed by atoms with E-state index >= 15 is 0 Å². The van der Waals surface area contributed by atoms with Crippen LogP contribution in [0.1, 0.15) is 325 Å². The monoisotopic (exact) mass is 1250 g/mol. The maximum absolute atomic E-state index is 13.0. The van der Waals surface area contributed by atoms with Gasteiger partial charge in [0.1, 0.15) is 19.3 Å². The van der Waals surface area contributed by atoms with Gasteiger partial charge in [-0.3, -0.25) is 37.3 Å². The van der Waals surface area contributed by atoms with Crippen molar-refractivity contribution in [2.45, 2.75) is 343 Å². The number of hydrogen-bond acceptors (Lipinski definition) is 15. The summed E-state index contributed by atoms with van der Waals surface area (Å²) in [6.07, 6.45) is 39.3. The first kappa shape index (κ1) is 83.1. The molecule has 0 heterocycles. The Bertz CT molecular complexity index is 1680. The zero-order chi connectivity index (χ0) is 63.1. The van der Waals surface area contributed by atoms with Crippen molar-refractivity contribution in [3.05, 3.63) is 0 Å². The van der Waals surface area contributed by atoms with E-state index in [1.54, 1.807) is 0 Å². The number of aliphatic hydroxyl groups is 1. The van der Waals surface area contributed by atoms with Crippen LogP contribution < -0.4 is 0 Å². The Hall–Kier alpha value is -1.94. The van der Waals surface area contributed by atoms with E-state index < -0.39 is 97.5 Å². The molecule has 0 rings (SSSR count). The molecule has 0 saturated heterocycles. The van der Waals surface area contributed by atoms with E-state index in [4.69, 9.17) is 37.0 Å². The summed E-state index contributed by atoms with van der Waals surface area (Å²) >= 11 is 0. The molecule has 0 amide bonds. The van der Waals surface area contributed by atoms with Gasteiger partial charge in [0.25, 0.3) is 0 Å². The molecule has 3 N–H and O–H groups in total. The first-order valence-corrected chi connectivity index (χ1v) is 37.3. The molecule has 0 aliphatic rings. The molecule has 85 heavy (non-hydrogen) atoms. The third-order valence-electron chi connectivity index (χ3n) is 15.1. The molecule has 0 aliphatic carbocycles. The molecule has 0 fully saturated rings. The molecule has 0 bridgehead atoms. The van der Waals surface area contributed by atoms with Crippen molar-refractivity contribution in [3.8, 4) is 0 Å². The Labute approximate surface area is 517 Å². The summed E-state index contributed by atoms with van der Waals surface area (Å²) in [5, 5.41) is 10.5. The van der Waals surface area contributed by atoms with Crippen molar-refractivity contribution in [1.82, 2.24) is 0 Å². The third-order valence-corrected chi connectivity index (χ3v) is 17.0. The van der Waals surface area contributed by atoms with E-state index in [1.165, 1.54) is 122 Å². The van der Waals surface area contributed by atoms with Crippen LogP contribution >= 0.6 is 15.6 Å². The molecule has 5 atom stereocenters. The van der Waals surface area contributed by atoms with Gasteiger partial charge in [-0.1, -0.05) is 273 Å². The number of rotatable bonds is 64. The van der Waals surface area contributed by atoms with Gasteiger partial charge < -0.3 is 33.8 Å². The molecular formula is C66H128O17P2. The van der Waals surface area contributed by atoms with Crippen LogP contribution in [-0.2, 0) is 65.4 Å². The average molecular weight is 1260 g/mol. The number of hydrogen-bond donors (Lipinski definition) is 3. The second-order valence-corrected chi connectivity index (χ2v) is 28.2. The van der Waals surface area contributed by atoms with Crippen LogP contribution in [0.3, 0.4) is 0 Å². The zero-order valence-corrected chi connectivity index (χ0v) is 56.9. The molecule has 19 heteroatoms. The van der Waals surface area contributed by atoms with Gasteiger partial charge >= 0.3 is 39.5 Å². The Balaban J connectivity index is 5.19. The fourth-order valence-electron chi connectivity index (χ4n) is 9.83. The molecule has 0 aliphatic heterocycles. The Morgan fingerprint density at radius 1 is 0.318 bits per heavy atom. The van der Waals surface area contributed by atoms with Crippen molar-refractivity contribution >= 4 is 39.5 Å². The number of aliphatic hydroxyl groups excluding tert-OH is 1. The summed E-state index contributed by atoms with van der Waals surface area (Å²) < 4.78 is 68.0. The maximum atomic E-state index is 13.0. The second-order valence-electron chi connectivity index (χ2n) is 25.3. The van der Waals surface area contributed by atoms with Gasteiger partial charge in [0.2, 0.25) is 0 Å². The zero-order valence-electron chi connectivity index (χ0n) is 55.1. The molecule has 0 aromatic heterocycles. The Morgan fingerprint density at radius 2 is 0.541 bits per heavy atom. The van der Waals surface area contributed by atoms with Gasteiger partial charge in [-0.25, -0.2) is 9.13 Å². The van der Waals surface area contributed by atoms with E-state index in [2.05, 4.69) is 48.5 Å². The number of carbonyl (C=O) groups is 4. The standard InChI is InChI=1S/C66H128O17P2/c1-8-9-10-11-23-33-40-47-63(68)76-53-62(83-66(71)50-43-36-29-28-32-39-46-59(6)7)56-81-85(74,75)79-52-60(67)51-78-84(72,73)80-55-61(54-77-64(69)48-41-34-26-22-18-20-25-31-38-45-58(4)5)82-65(70)49-42-35-27-21-17-15-13-12-14-16-19-24-30-37-44-57(2)3/h57-62,67H,8-56H2,1-7H3,(H,72,73)(H,74,75)/t60-,61-,62-/m1/s1. The first-order chi connectivity index (χ1) is 40.7. The third kappa shape index (κ3) is 60.7. The minimum Gasteiger partial charge on any atom is -0.462 e. The fourth-order valence-corrected chi connectivity index (χ4v) is 11.4. The average Bonchev–Trinajstić information content (AvgIpc) is 3.62. The van der Waals surface area contributed by atoms with Crippen LogP contribution in [0.2, 0.25) is 0 Å². The molecule has 0 aromatic rings. The lowest BCUT2D eigenvalue weighted by Gasteiger charge is -2.21. The molecule has 0 radical (unpaired) electrons. The summed E-state index contributed by atoms with van der Waals surface area (Å²) in [5.74, 6) is 0.0678. The van der Waals surface area contributed by atoms with Crippen LogP contribution in [-0.4, -0.2) is 96.7 Å². The van der Waals surface area contributed by atoms with Gasteiger partial charge in [-0.15, -0.1) is 0 Å². The van der Waals surface area contributed by atoms with Gasteiger partial charge in [0.15, 0.2) is 12.2 Å². The lowest BCUT2D eigenvalue weighted by Crippen LogP contribution is -2.30. The highest BCUT2D eigenvalue weighted by atomic mass is 31.2. The molecule has 0 saturated carbocycles. The first-order valence-electron chi connectivity index (χ1n) is 34.3. The maximum Gasteiger partial charge on any atom is 0.472 e. The fraction of sp³-hybridized carbons (Fsp3) is 0.939. The molecular weight excluding hydrogens is 1130 g/mol. The highest BCUT2D eigenvalue weighted by Crippen LogP contribution is 2.45. The van der Waals surface area contributed by atoms with Gasteiger partial charge in [-0.2, -0.15) is 0 Å². The van der Waals surface area contributed by atoms with E-state index in [-0.39, 0.29) is 25.7 Å². The van der Waals surface area contributed by atoms with Crippen molar-refractivity contribution < 1.29 is 80.2 Å². The van der Waals surface area contributed by atoms with Crippen LogP contribution in [0.15, 0.2) is 0 Å². The van der Waals surface area contributed by atoms with E-state index in [0.717, 1.165) is 115 Å². The predicted molar refractivity (Wildman–Crippen MR) is 340 cm³/mol. The smallest absolute Gasteiger partial charge is 0.462 e. The van der Waals surface area contributed by atoms with E-state index in [9.17, 15) is 43.2 Å². The van der Waals surface area contributed by atoms with Crippen molar-refractivity contribution in [2.75, 3.05) is 39.6 Å². The normalized spacial score (nSPS) is 14.3. The molecule has 0 spiro atoms. The molecule has 2 unspecified atom stereocenters. The number of phosphoric ester groups is 2. The minimum absolute atomic E-state index is 0.101. The quantitative estimate of drug-likeness (QED) is 0.0222. The number of carbonyl (C=O) groups excluding carboxylic acids is 4. The molecule has 17 nitrogen and oxygen atoms in total. The van der Waals surface area contributed by atoms with E-state index in [1.807, 2.05) is 0 Å². The van der Waals surface area contributed by atoms with Gasteiger partial charge in [0, 0.05) is 25.7 Å². The number of phosphoric acid groups is 2. The topological polar surface area (TPSA) is 237 Å². The Morgan fingerprint density at radius 3 is 0.800 bits per heavy atom. The lowest BCUT2D eigenvalue weighted by molar-refractivity contribution is -0.161. The summed E-state index contributed by atoms with van der Waals surface area (Å²) in [5.41, 5.74) is 0. The lowest BCUT2D eigenvalue weighted by atomic mass is 10.0. The van der Waals surface area contributed by atoms with Crippen LogP contribution in [0.4, 0.5) is 0 Å². The molecule has 0 aromatic carbocycles. The largest absolute Gasteiger partial charge is 0.472 e. The van der Waals surface area contributed by atoms with E-state index in [0.29, 0.717) is 31.6 Å². The van der Waals surface area contributed by atoms with Crippen LogP contribution in [0.25, 0.3) is 0 Å². The summed E-state index contributed by atoms with van der Waals surface area (Å²) in [7, 11) is -9.89. The van der Waals surface area contributed by atoms with Crippen molar-refractivity contribution in [1.29, 1.82) is 0 Å². The van der Waals surface area contributed by atoms with Gasteiger partial charge in [-0.05, 0) is 43.4 Å². The highest BCUT2D eigenvalue weighted by molar-refractivity contribution is 7.47. The van der Waals surface area contributed by atoms with Crippen LogP contribution in [0.5, 0.6) is 0 Å². The second kappa shape index (κ2) is 57.2. The highest BCUT2D eigenvalue weighted by Gasteiger charge is 2.30. The SMILES string of the molecule is CCCCCCCCCC(=O)OC[C@H](COP(=O)(O)OC[C@H](O)COP(=O)(O)OC[C@@H](COC(=O)CCCCCCCCCCCC(C)C)OC(=O)CCCCCCCCCCCCCCCCC(C)C)OC(=O)CCCCCCCCC(C)C. The number of ether oxygens (including phenoxy) is 4. The van der Waals surface area contributed by atoms with Gasteiger partial charge in [0.05, 0.1) is 26.4 Å². The predicted octanol–water partition coefficient (Wildman–Crippen LogP) is 18.3.